The molecule has 9 heteroatoms. The maximum atomic E-state index is 12.6. The Morgan fingerprint density at radius 3 is 2.85 bits per heavy atom. The molecule has 6 nitrogen and oxygen atoms in total. The number of aromatic nitrogens is 3. The monoisotopic (exact) mass is 405 g/mol. The van der Waals surface area contributed by atoms with E-state index in [1.807, 2.05) is 12.1 Å². The van der Waals surface area contributed by atoms with Crippen molar-refractivity contribution < 1.29 is 0 Å². The zero-order chi connectivity index (χ0) is 18.1. The van der Waals surface area contributed by atoms with Gasteiger partial charge in [-0.2, -0.15) is 9.78 Å². The fourth-order valence-electron chi connectivity index (χ4n) is 2.97. The number of piperidine rings is 1. The van der Waals surface area contributed by atoms with Crippen molar-refractivity contribution in [2.24, 2.45) is 5.10 Å². The summed E-state index contributed by atoms with van der Waals surface area (Å²) in [6.45, 7) is 1.99. The number of thiazole rings is 1. The second kappa shape index (κ2) is 7.30. The van der Waals surface area contributed by atoms with Crippen LogP contribution in [0.4, 0.5) is 5.13 Å². The van der Waals surface area contributed by atoms with Crippen molar-refractivity contribution in [1.29, 1.82) is 0 Å². The first kappa shape index (κ1) is 17.4. The van der Waals surface area contributed by atoms with Gasteiger partial charge in [0.05, 0.1) is 22.0 Å². The van der Waals surface area contributed by atoms with Gasteiger partial charge in [0.25, 0.3) is 5.56 Å². The molecule has 0 atom stereocenters. The molecule has 1 saturated heterocycles. The van der Waals surface area contributed by atoms with Crippen LogP contribution in [-0.2, 0) is 0 Å². The summed E-state index contributed by atoms with van der Waals surface area (Å²) in [6, 6.07) is 7.20. The highest BCUT2D eigenvalue weighted by atomic mass is 35.5. The van der Waals surface area contributed by atoms with E-state index in [1.54, 1.807) is 18.3 Å². The first-order valence-electron chi connectivity index (χ1n) is 8.33. The molecule has 1 N–H and O–H groups in total. The van der Waals surface area contributed by atoms with Crippen LogP contribution in [0.3, 0.4) is 0 Å². The number of halogens is 1. The predicted molar refractivity (Wildman–Crippen MR) is 110 cm³/mol. The summed E-state index contributed by atoms with van der Waals surface area (Å²) in [7, 11) is 0. The third kappa shape index (κ3) is 3.32. The van der Waals surface area contributed by atoms with Crippen molar-refractivity contribution in [3.05, 3.63) is 49.4 Å². The molecule has 4 rings (SSSR count). The van der Waals surface area contributed by atoms with E-state index >= 15 is 0 Å². The van der Waals surface area contributed by atoms with Crippen molar-refractivity contribution in [1.82, 2.24) is 14.6 Å². The number of anilines is 1. The van der Waals surface area contributed by atoms with Crippen LogP contribution in [-0.4, -0.2) is 33.9 Å². The molecule has 0 radical (unpaired) electrons. The Morgan fingerprint density at radius 2 is 2.04 bits per heavy atom. The van der Waals surface area contributed by atoms with Crippen molar-refractivity contribution >= 4 is 57.4 Å². The Balaban J connectivity index is 1.68. The van der Waals surface area contributed by atoms with Gasteiger partial charge in [0.15, 0.2) is 10.3 Å². The van der Waals surface area contributed by atoms with Crippen LogP contribution >= 0.6 is 35.2 Å². The van der Waals surface area contributed by atoms with E-state index in [-0.39, 0.29) is 10.3 Å². The Bertz CT molecular complexity index is 1090. The standard InChI is InChI=1S/C17H16ClN5OS2/c18-14-13(26-17(21-14)22-8-4-1-5-9-22)10-19-23-15(24)11-6-2-3-7-12(11)20-16(23)25/h2-3,6-7,10H,1,4-5,8-9H2,(H,20,25)/b19-10-. The van der Waals surface area contributed by atoms with Gasteiger partial charge in [-0.05, 0) is 43.6 Å². The normalized spacial score (nSPS) is 15.2. The third-order valence-corrected chi connectivity index (χ3v) is 6.03. The van der Waals surface area contributed by atoms with E-state index < -0.39 is 0 Å². The third-order valence-electron chi connectivity index (χ3n) is 4.30. The van der Waals surface area contributed by atoms with E-state index in [1.165, 1.54) is 35.3 Å². The molecule has 1 aliphatic heterocycles. The lowest BCUT2D eigenvalue weighted by Gasteiger charge is -2.25. The molecule has 1 aromatic carbocycles. The maximum absolute atomic E-state index is 12.6. The molecule has 1 fully saturated rings. The van der Waals surface area contributed by atoms with Gasteiger partial charge >= 0.3 is 0 Å². The van der Waals surface area contributed by atoms with E-state index in [9.17, 15) is 4.79 Å². The van der Waals surface area contributed by atoms with Gasteiger partial charge in [-0.1, -0.05) is 35.1 Å². The van der Waals surface area contributed by atoms with E-state index in [4.69, 9.17) is 23.8 Å². The molecule has 134 valence electrons. The summed E-state index contributed by atoms with van der Waals surface area (Å²) >= 11 is 13.0. The minimum absolute atomic E-state index is 0.238. The lowest BCUT2D eigenvalue weighted by atomic mass is 10.1. The van der Waals surface area contributed by atoms with Crippen LogP contribution in [0.2, 0.25) is 5.15 Å². The molecule has 26 heavy (non-hydrogen) atoms. The number of nitrogens with zero attached hydrogens (tertiary/aromatic N) is 4. The predicted octanol–water partition coefficient (Wildman–Crippen LogP) is 4.04. The van der Waals surface area contributed by atoms with Crippen LogP contribution in [0.1, 0.15) is 24.1 Å². The summed E-state index contributed by atoms with van der Waals surface area (Å²) in [4.78, 5) is 23.0. The molecule has 0 amide bonds. The molecule has 1 aliphatic rings. The van der Waals surface area contributed by atoms with Crippen LogP contribution in [0.15, 0.2) is 34.2 Å². The number of H-pyrrole nitrogens is 1. The largest absolute Gasteiger partial charge is 0.348 e. The highest BCUT2D eigenvalue weighted by Crippen LogP contribution is 2.30. The van der Waals surface area contributed by atoms with Gasteiger partial charge in [0.2, 0.25) is 4.77 Å². The SMILES string of the molecule is O=c1c2ccccc2[nH]c(=S)n1/N=C\c1sc(N2CCCCC2)nc1Cl. The van der Waals surface area contributed by atoms with Crippen molar-refractivity contribution in [3.63, 3.8) is 0 Å². The number of para-hydroxylation sites is 1. The number of aromatic amines is 1. The van der Waals surface area contributed by atoms with Gasteiger partial charge in [0.1, 0.15) is 0 Å². The second-order valence-electron chi connectivity index (χ2n) is 6.04. The number of fused-ring (bicyclic) bond motifs is 1. The fourth-order valence-corrected chi connectivity index (χ4v) is 4.38. The number of hydrogen-bond acceptors (Lipinski definition) is 6. The van der Waals surface area contributed by atoms with Crippen LogP contribution < -0.4 is 10.5 Å². The van der Waals surface area contributed by atoms with Gasteiger partial charge < -0.3 is 9.88 Å². The Morgan fingerprint density at radius 1 is 1.27 bits per heavy atom. The Labute approximate surface area is 163 Å². The lowest BCUT2D eigenvalue weighted by Crippen LogP contribution is -2.29. The molecular weight excluding hydrogens is 390 g/mol. The first-order valence-corrected chi connectivity index (χ1v) is 9.93. The summed E-state index contributed by atoms with van der Waals surface area (Å²) in [5, 5.41) is 6.07. The summed E-state index contributed by atoms with van der Waals surface area (Å²) in [5.41, 5.74) is 0.426. The highest BCUT2D eigenvalue weighted by Gasteiger charge is 2.16. The minimum atomic E-state index is -0.266. The minimum Gasteiger partial charge on any atom is -0.348 e. The number of hydrogen-bond donors (Lipinski definition) is 1. The first-order chi connectivity index (χ1) is 12.6. The smallest absolute Gasteiger partial charge is 0.282 e. The molecule has 0 spiro atoms. The van der Waals surface area contributed by atoms with Crippen molar-refractivity contribution in [3.8, 4) is 0 Å². The van der Waals surface area contributed by atoms with E-state index in [2.05, 4.69) is 20.0 Å². The van der Waals surface area contributed by atoms with Crippen LogP contribution in [0.25, 0.3) is 10.9 Å². The molecule has 3 heterocycles. The maximum Gasteiger partial charge on any atom is 0.282 e. The highest BCUT2D eigenvalue weighted by molar-refractivity contribution is 7.71. The topological polar surface area (TPSA) is 66.3 Å². The van der Waals surface area contributed by atoms with Crippen LogP contribution in [0, 0.1) is 4.77 Å². The average Bonchev–Trinajstić information content (AvgIpc) is 3.03. The van der Waals surface area contributed by atoms with Gasteiger partial charge in [-0.15, -0.1) is 0 Å². The summed E-state index contributed by atoms with van der Waals surface area (Å²) in [6.07, 6.45) is 5.14. The molecule has 0 saturated carbocycles. The fraction of sp³-hybridized carbons (Fsp3) is 0.294. The number of rotatable bonds is 3. The quantitative estimate of drug-likeness (QED) is 0.527. The molecule has 0 aliphatic carbocycles. The molecule has 3 aromatic rings. The molecule has 0 unspecified atom stereocenters. The van der Waals surface area contributed by atoms with E-state index in [0.29, 0.717) is 20.9 Å². The molecule has 2 aromatic heterocycles. The average molecular weight is 406 g/mol. The van der Waals surface area contributed by atoms with Crippen molar-refractivity contribution in [2.45, 2.75) is 19.3 Å². The Hall–Kier alpha value is -2.03. The zero-order valence-corrected chi connectivity index (χ0v) is 16.2. The number of benzene rings is 1. The van der Waals surface area contributed by atoms with Gasteiger partial charge in [-0.25, -0.2) is 4.98 Å². The second-order valence-corrected chi connectivity index (χ2v) is 7.79. The van der Waals surface area contributed by atoms with E-state index in [0.717, 1.165) is 18.2 Å². The summed E-state index contributed by atoms with van der Waals surface area (Å²) in [5.74, 6) is 0. The Kier molecular flexibility index (Phi) is 4.88. The lowest BCUT2D eigenvalue weighted by molar-refractivity contribution is 0.577. The molecular formula is C17H16ClN5OS2. The van der Waals surface area contributed by atoms with Gasteiger partial charge in [-0.3, -0.25) is 4.79 Å². The molecule has 0 bridgehead atoms. The number of nitrogens with one attached hydrogen (secondary N) is 1. The van der Waals surface area contributed by atoms with Gasteiger partial charge in [0, 0.05) is 13.1 Å². The summed E-state index contributed by atoms with van der Waals surface area (Å²) < 4.78 is 1.41. The van der Waals surface area contributed by atoms with Crippen LogP contribution in [0.5, 0.6) is 0 Å². The van der Waals surface area contributed by atoms with Crippen molar-refractivity contribution in [2.75, 3.05) is 18.0 Å². The zero-order valence-electron chi connectivity index (χ0n) is 13.8.